The molecule has 114 valence electrons. The Hall–Kier alpha value is -1.75. The number of phenols is 1. The number of piperazine rings is 1. The second-order valence-electron chi connectivity index (χ2n) is 6.03. The molecule has 2 fully saturated rings. The minimum absolute atomic E-state index is 0.00484. The van der Waals surface area contributed by atoms with Crippen LogP contribution < -0.4 is 10.2 Å². The van der Waals surface area contributed by atoms with Gasteiger partial charge in [-0.05, 0) is 43.1 Å². The molecule has 3 rings (SSSR count). The van der Waals surface area contributed by atoms with E-state index in [1.165, 1.54) is 0 Å². The summed E-state index contributed by atoms with van der Waals surface area (Å²) < 4.78 is 0. The number of carbonyl (C=O) groups excluding carboxylic acids is 1. The third-order valence-corrected chi connectivity index (χ3v) is 4.61. The quantitative estimate of drug-likeness (QED) is 0.854. The number of aromatic hydroxyl groups is 1. The van der Waals surface area contributed by atoms with E-state index in [-0.39, 0.29) is 17.7 Å². The highest BCUT2D eigenvalue weighted by atomic mass is 16.3. The molecule has 0 aliphatic carbocycles. The maximum absolute atomic E-state index is 12.5. The van der Waals surface area contributed by atoms with Gasteiger partial charge in [0.25, 0.3) is 0 Å². The summed E-state index contributed by atoms with van der Waals surface area (Å²) >= 11 is 0. The topological polar surface area (TPSA) is 55.8 Å². The van der Waals surface area contributed by atoms with Gasteiger partial charge in [-0.2, -0.15) is 0 Å². The van der Waals surface area contributed by atoms with E-state index < -0.39 is 0 Å². The van der Waals surface area contributed by atoms with Crippen molar-refractivity contribution in [1.82, 2.24) is 10.2 Å². The van der Waals surface area contributed by atoms with Gasteiger partial charge in [0.1, 0.15) is 5.75 Å². The van der Waals surface area contributed by atoms with Crippen LogP contribution in [0.2, 0.25) is 0 Å². The summed E-state index contributed by atoms with van der Waals surface area (Å²) in [5.41, 5.74) is 1.10. The Morgan fingerprint density at radius 3 is 2.43 bits per heavy atom. The Balaban J connectivity index is 1.57. The van der Waals surface area contributed by atoms with E-state index in [4.69, 9.17) is 0 Å². The number of nitrogens with one attached hydrogen (secondary N) is 1. The Morgan fingerprint density at radius 1 is 1.19 bits per heavy atom. The number of hydrogen-bond acceptors (Lipinski definition) is 4. The number of hydrogen-bond donors (Lipinski definition) is 2. The van der Waals surface area contributed by atoms with Crippen LogP contribution in [0, 0.1) is 5.92 Å². The summed E-state index contributed by atoms with van der Waals surface area (Å²) in [6.07, 6.45) is 1.09. The highest BCUT2D eigenvalue weighted by Gasteiger charge is 2.33. The summed E-state index contributed by atoms with van der Waals surface area (Å²) in [6, 6.07) is 7.26. The van der Waals surface area contributed by atoms with Crippen molar-refractivity contribution in [3.05, 3.63) is 24.3 Å². The van der Waals surface area contributed by atoms with Crippen LogP contribution in [0.1, 0.15) is 13.3 Å². The van der Waals surface area contributed by atoms with Crippen LogP contribution >= 0.6 is 0 Å². The smallest absolute Gasteiger partial charge is 0.240 e. The molecular weight excluding hydrogens is 266 g/mol. The van der Waals surface area contributed by atoms with Gasteiger partial charge in [-0.25, -0.2) is 0 Å². The highest BCUT2D eigenvalue weighted by molar-refractivity contribution is 5.82. The fraction of sp³-hybridized carbons (Fsp3) is 0.562. The predicted molar refractivity (Wildman–Crippen MR) is 82.5 cm³/mol. The molecule has 1 amide bonds. The molecule has 2 aliphatic rings. The zero-order valence-electron chi connectivity index (χ0n) is 12.5. The lowest BCUT2D eigenvalue weighted by atomic mass is 10.0. The molecule has 0 saturated carbocycles. The molecule has 2 unspecified atom stereocenters. The van der Waals surface area contributed by atoms with Crippen molar-refractivity contribution in [2.24, 2.45) is 5.92 Å². The molecule has 0 aromatic heterocycles. The number of amides is 1. The van der Waals surface area contributed by atoms with Crippen LogP contribution in [-0.2, 0) is 4.79 Å². The molecule has 2 atom stereocenters. The van der Waals surface area contributed by atoms with Crippen molar-refractivity contribution in [3.63, 3.8) is 0 Å². The monoisotopic (exact) mass is 289 g/mol. The second kappa shape index (κ2) is 5.93. The van der Waals surface area contributed by atoms with Crippen molar-refractivity contribution in [1.29, 1.82) is 0 Å². The molecule has 0 radical (unpaired) electrons. The number of nitrogens with zero attached hydrogens (tertiary/aromatic N) is 2. The number of phenolic OH excluding ortho intramolecular Hbond substituents is 1. The van der Waals surface area contributed by atoms with Gasteiger partial charge in [0, 0.05) is 31.9 Å². The molecular formula is C16H23N3O2. The van der Waals surface area contributed by atoms with Crippen LogP contribution in [0.3, 0.4) is 0 Å². The summed E-state index contributed by atoms with van der Waals surface area (Å²) in [4.78, 5) is 16.8. The maximum atomic E-state index is 12.5. The first kappa shape index (κ1) is 14.2. The van der Waals surface area contributed by atoms with E-state index in [0.29, 0.717) is 5.92 Å². The molecule has 1 aromatic carbocycles. The van der Waals surface area contributed by atoms with Gasteiger partial charge in [0.05, 0.1) is 6.04 Å². The first-order chi connectivity index (χ1) is 10.1. The lowest BCUT2D eigenvalue weighted by Crippen LogP contribution is -2.54. The molecule has 2 heterocycles. The molecule has 0 spiro atoms. The molecule has 5 heteroatoms. The van der Waals surface area contributed by atoms with Crippen molar-refractivity contribution >= 4 is 11.6 Å². The van der Waals surface area contributed by atoms with Gasteiger partial charge in [-0.3, -0.25) is 4.79 Å². The van der Waals surface area contributed by atoms with Crippen molar-refractivity contribution in [2.75, 3.05) is 37.6 Å². The minimum atomic E-state index is 0.00484. The van der Waals surface area contributed by atoms with E-state index in [1.54, 1.807) is 12.1 Å². The lowest BCUT2D eigenvalue weighted by Gasteiger charge is -2.37. The third kappa shape index (κ3) is 2.97. The molecule has 2 N–H and O–H groups in total. The van der Waals surface area contributed by atoms with Crippen molar-refractivity contribution in [2.45, 2.75) is 19.4 Å². The summed E-state index contributed by atoms with van der Waals surface area (Å²) in [7, 11) is 0. The second-order valence-corrected chi connectivity index (χ2v) is 6.03. The molecule has 1 aromatic rings. The van der Waals surface area contributed by atoms with Gasteiger partial charge in [0.15, 0.2) is 0 Å². The Morgan fingerprint density at radius 2 is 1.86 bits per heavy atom. The minimum Gasteiger partial charge on any atom is -0.508 e. The first-order valence-corrected chi connectivity index (χ1v) is 7.71. The SMILES string of the molecule is CC1CCNC1C(=O)N1CCN(c2ccc(O)cc2)CC1. The van der Waals surface area contributed by atoms with Crippen LogP contribution in [0.4, 0.5) is 5.69 Å². The van der Waals surface area contributed by atoms with E-state index in [2.05, 4.69) is 17.1 Å². The first-order valence-electron chi connectivity index (χ1n) is 7.71. The molecule has 5 nitrogen and oxygen atoms in total. The Bertz CT molecular complexity index is 495. The van der Waals surface area contributed by atoms with Crippen LogP contribution in [0.5, 0.6) is 5.75 Å². The van der Waals surface area contributed by atoms with E-state index >= 15 is 0 Å². The van der Waals surface area contributed by atoms with Gasteiger partial charge in [0.2, 0.25) is 5.91 Å². The average molecular weight is 289 g/mol. The summed E-state index contributed by atoms with van der Waals surface area (Å²) in [6.45, 7) is 6.32. The normalized spacial score (nSPS) is 26.1. The lowest BCUT2D eigenvalue weighted by molar-refractivity contribution is -0.134. The zero-order valence-corrected chi connectivity index (χ0v) is 12.5. The third-order valence-electron chi connectivity index (χ3n) is 4.61. The van der Waals surface area contributed by atoms with Gasteiger partial charge < -0.3 is 20.2 Å². The zero-order chi connectivity index (χ0) is 14.8. The van der Waals surface area contributed by atoms with Crippen molar-refractivity contribution in [3.8, 4) is 5.75 Å². The summed E-state index contributed by atoms with van der Waals surface area (Å²) in [5, 5.41) is 12.7. The predicted octanol–water partition coefficient (Wildman–Crippen LogP) is 1.04. The average Bonchev–Trinajstić information content (AvgIpc) is 2.94. The van der Waals surface area contributed by atoms with Crippen LogP contribution in [0.25, 0.3) is 0 Å². The van der Waals surface area contributed by atoms with Gasteiger partial charge in [-0.1, -0.05) is 6.92 Å². The highest BCUT2D eigenvalue weighted by Crippen LogP contribution is 2.21. The largest absolute Gasteiger partial charge is 0.508 e. The fourth-order valence-corrected chi connectivity index (χ4v) is 3.21. The number of anilines is 1. The van der Waals surface area contributed by atoms with E-state index in [1.807, 2.05) is 17.0 Å². The molecule has 2 aliphatic heterocycles. The van der Waals surface area contributed by atoms with Gasteiger partial charge >= 0.3 is 0 Å². The maximum Gasteiger partial charge on any atom is 0.240 e. The molecule has 2 saturated heterocycles. The molecule has 21 heavy (non-hydrogen) atoms. The number of benzene rings is 1. The van der Waals surface area contributed by atoms with Crippen LogP contribution in [-0.4, -0.2) is 54.7 Å². The number of rotatable bonds is 2. The fourth-order valence-electron chi connectivity index (χ4n) is 3.21. The molecule has 0 bridgehead atoms. The standard InChI is InChI=1S/C16H23N3O2/c1-12-6-7-17-15(12)16(21)19-10-8-18(9-11-19)13-2-4-14(20)5-3-13/h2-5,12,15,17,20H,6-11H2,1H3. The Labute approximate surface area is 125 Å². The number of carbonyl (C=O) groups is 1. The Kier molecular flexibility index (Phi) is 4.01. The summed E-state index contributed by atoms with van der Waals surface area (Å²) in [5.74, 6) is 0.979. The van der Waals surface area contributed by atoms with Crippen molar-refractivity contribution < 1.29 is 9.90 Å². The van der Waals surface area contributed by atoms with Crippen LogP contribution in [0.15, 0.2) is 24.3 Å². The van der Waals surface area contributed by atoms with Gasteiger partial charge in [-0.15, -0.1) is 0 Å². The van der Waals surface area contributed by atoms with E-state index in [9.17, 15) is 9.90 Å². The van der Waals surface area contributed by atoms with E-state index in [0.717, 1.165) is 44.8 Å².